The molecule has 2 aliphatic rings. The number of allylic oxidation sites excluding steroid dienone is 1. The second kappa shape index (κ2) is 9.42. The molecule has 2 rings (SSSR count). The number of carbonyl (C=O) groups excluding carboxylic acids is 1. The SMILES string of the molecule is CCO[C@H]1OC(C(=O)NC2CCCC2)=C[C@@H](C(C)C)[C@H]1CCCO. The summed E-state index contributed by atoms with van der Waals surface area (Å²) in [6, 6.07) is 0.275. The van der Waals surface area contributed by atoms with Gasteiger partial charge in [-0.15, -0.1) is 0 Å². The van der Waals surface area contributed by atoms with Crippen LogP contribution in [0.15, 0.2) is 11.8 Å². The van der Waals surface area contributed by atoms with E-state index >= 15 is 0 Å². The summed E-state index contributed by atoms with van der Waals surface area (Å²) in [7, 11) is 0. The maximum atomic E-state index is 12.6. The highest BCUT2D eigenvalue weighted by Gasteiger charge is 2.38. The third kappa shape index (κ3) is 4.96. The number of nitrogens with one attached hydrogen (secondary N) is 1. The molecule has 1 fully saturated rings. The summed E-state index contributed by atoms with van der Waals surface area (Å²) in [5, 5.41) is 12.3. The van der Waals surface area contributed by atoms with E-state index in [1.165, 1.54) is 12.8 Å². The topological polar surface area (TPSA) is 67.8 Å². The van der Waals surface area contributed by atoms with E-state index in [1.54, 1.807) is 0 Å². The molecule has 1 aliphatic carbocycles. The number of hydrogen-bond donors (Lipinski definition) is 2. The summed E-state index contributed by atoms with van der Waals surface area (Å²) < 4.78 is 11.7. The first-order valence-electron chi connectivity index (χ1n) is 9.48. The molecule has 0 aromatic heterocycles. The molecule has 0 aromatic carbocycles. The number of ether oxygens (including phenoxy) is 2. The fraction of sp³-hybridized carbons (Fsp3) is 0.842. The summed E-state index contributed by atoms with van der Waals surface area (Å²) in [6.45, 7) is 6.97. The van der Waals surface area contributed by atoms with E-state index in [-0.39, 0.29) is 30.4 Å². The van der Waals surface area contributed by atoms with E-state index < -0.39 is 6.29 Å². The second-order valence-electron chi connectivity index (χ2n) is 7.28. The van der Waals surface area contributed by atoms with Gasteiger partial charge in [-0.3, -0.25) is 4.79 Å². The van der Waals surface area contributed by atoms with E-state index in [1.807, 2.05) is 13.0 Å². The quantitative estimate of drug-likeness (QED) is 0.713. The van der Waals surface area contributed by atoms with Gasteiger partial charge < -0.3 is 19.9 Å². The Bertz CT molecular complexity index is 429. The van der Waals surface area contributed by atoms with Gasteiger partial charge in [0.25, 0.3) is 5.91 Å². The fourth-order valence-electron chi connectivity index (χ4n) is 3.85. The highest BCUT2D eigenvalue weighted by atomic mass is 16.7. The first kappa shape index (κ1) is 19.3. The Labute approximate surface area is 145 Å². The van der Waals surface area contributed by atoms with Crippen molar-refractivity contribution in [3.63, 3.8) is 0 Å². The monoisotopic (exact) mass is 339 g/mol. The molecule has 1 amide bonds. The minimum Gasteiger partial charge on any atom is -0.459 e. The molecule has 5 heteroatoms. The lowest BCUT2D eigenvalue weighted by Crippen LogP contribution is -2.42. The van der Waals surface area contributed by atoms with E-state index in [9.17, 15) is 9.90 Å². The Morgan fingerprint density at radius 3 is 2.71 bits per heavy atom. The van der Waals surface area contributed by atoms with Crippen molar-refractivity contribution >= 4 is 5.91 Å². The van der Waals surface area contributed by atoms with Crippen LogP contribution in [0, 0.1) is 17.8 Å². The van der Waals surface area contributed by atoms with E-state index in [2.05, 4.69) is 19.2 Å². The van der Waals surface area contributed by atoms with Crippen LogP contribution in [0.2, 0.25) is 0 Å². The van der Waals surface area contributed by atoms with Gasteiger partial charge >= 0.3 is 0 Å². The number of aliphatic hydroxyl groups excluding tert-OH is 1. The minimum absolute atomic E-state index is 0.113. The number of aliphatic hydroxyl groups is 1. The van der Waals surface area contributed by atoms with Crippen molar-refractivity contribution < 1.29 is 19.4 Å². The minimum atomic E-state index is -0.414. The molecular weight excluding hydrogens is 306 g/mol. The summed E-state index contributed by atoms with van der Waals surface area (Å²) in [5.74, 6) is 1.05. The predicted octanol–water partition coefficient (Wildman–Crippen LogP) is 2.98. The van der Waals surface area contributed by atoms with Gasteiger partial charge in [-0.1, -0.05) is 26.7 Å². The molecule has 138 valence electrons. The summed E-state index contributed by atoms with van der Waals surface area (Å²) in [6.07, 6.45) is 7.60. The van der Waals surface area contributed by atoms with Crippen molar-refractivity contribution in [2.75, 3.05) is 13.2 Å². The van der Waals surface area contributed by atoms with Gasteiger partial charge in [0.2, 0.25) is 6.29 Å². The smallest absolute Gasteiger partial charge is 0.286 e. The van der Waals surface area contributed by atoms with Crippen LogP contribution in [0.25, 0.3) is 0 Å². The lowest BCUT2D eigenvalue weighted by Gasteiger charge is -2.38. The van der Waals surface area contributed by atoms with Crippen molar-refractivity contribution in [1.82, 2.24) is 5.32 Å². The van der Waals surface area contributed by atoms with Crippen molar-refractivity contribution in [2.24, 2.45) is 17.8 Å². The van der Waals surface area contributed by atoms with Crippen LogP contribution >= 0.6 is 0 Å². The lowest BCUT2D eigenvalue weighted by molar-refractivity contribution is -0.175. The Morgan fingerprint density at radius 2 is 2.12 bits per heavy atom. The zero-order valence-corrected chi connectivity index (χ0v) is 15.3. The number of amides is 1. The summed E-state index contributed by atoms with van der Waals surface area (Å²) in [5.41, 5.74) is 0. The molecule has 3 atom stereocenters. The Balaban J connectivity index is 2.12. The van der Waals surface area contributed by atoms with Gasteiger partial charge in [0.15, 0.2) is 5.76 Å². The van der Waals surface area contributed by atoms with Crippen molar-refractivity contribution in [2.45, 2.75) is 71.6 Å². The molecule has 0 aromatic rings. The van der Waals surface area contributed by atoms with Crippen LogP contribution in [0.1, 0.15) is 59.3 Å². The van der Waals surface area contributed by atoms with Gasteiger partial charge in [-0.2, -0.15) is 0 Å². The highest BCUT2D eigenvalue weighted by Crippen LogP contribution is 2.37. The Kier molecular flexibility index (Phi) is 7.56. The first-order chi connectivity index (χ1) is 11.6. The predicted molar refractivity (Wildman–Crippen MR) is 93.1 cm³/mol. The van der Waals surface area contributed by atoms with Crippen LogP contribution < -0.4 is 5.32 Å². The van der Waals surface area contributed by atoms with Gasteiger partial charge in [0.05, 0.1) is 0 Å². The van der Waals surface area contributed by atoms with E-state index in [0.29, 0.717) is 18.3 Å². The molecule has 0 unspecified atom stereocenters. The molecule has 24 heavy (non-hydrogen) atoms. The molecule has 0 spiro atoms. The average Bonchev–Trinajstić information content (AvgIpc) is 3.06. The van der Waals surface area contributed by atoms with Gasteiger partial charge in [0, 0.05) is 25.2 Å². The maximum Gasteiger partial charge on any atom is 0.286 e. The van der Waals surface area contributed by atoms with Gasteiger partial charge in [-0.05, 0) is 50.5 Å². The maximum absolute atomic E-state index is 12.6. The average molecular weight is 339 g/mol. The van der Waals surface area contributed by atoms with Gasteiger partial charge in [-0.25, -0.2) is 0 Å². The molecule has 0 saturated heterocycles. The third-order valence-corrected chi connectivity index (χ3v) is 5.14. The number of carbonyl (C=O) groups is 1. The van der Waals surface area contributed by atoms with Crippen LogP contribution in [-0.4, -0.2) is 36.6 Å². The highest BCUT2D eigenvalue weighted by molar-refractivity contribution is 5.91. The molecule has 2 N–H and O–H groups in total. The van der Waals surface area contributed by atoms with Gasteiger partial charge in [0.1, 0.15) is 0 Å². The molecule has 1 saturated carbocycles. The molecular formula is C19H33NO4. The molecule has 1 heterocycles. The molecule has 0 radical (unpaired) electrons. The Hall–Kier alpha value is -1.07. The number of hydrogen-bond acceptors (Lipinski definition) is 4. The first-order valence-corrected chi connectivity index (χ1v) is 9.48. The fourth-order valence-corrected chi connectivity index (χ4v) is 3.85. The lowest BCUT2D eigenvalue weighted by atomic mass is 9.78. The summed E-state index contributed by atoms with van der Waals surface area (Å²) in [4.78, 5) is 12.6. The normalized spacial score (nSPS) is 27.9. The number of rotatable bonds is 8. The molecule has 0 bridgehead atoms. The second-order valence-corrected chi connectivity index (χ2v) is 7.28. The van der Waals surface area contributed by atoms with E-state index in [0.717, 1.165) is 25.7 Å². The zero-order valence-electron chi connectivity index (χ0n) is 15.3. The molecule has 5 nitrogen and oxygen atoms in total. The van der Waals surface area contributed by atoms with Crippen molar-refractivity contribution in [1.29, 1.82) is 0 Å². The van der Waals surface area contributed by atoms with E-state index in [4.69, 9.17) is 9.47 Å². The van der Waals surface area contributed by atoms with Crippen molar-refractivity contribution in [3.8, 4) is 0 Å². The zero-order chi connectivity index (χ0) is 17.5. The third-order valence-electron chi connectivity index (χ3n) is 5.14. The standard InChI is InChI=1S/C19H33NO4/c1-4-23-19-15(10-7-11-21)16(13(2)3)12-17(24-19)18(22)20-14-8-5-6-9-14/h12-16,19,21H,4-11H2,1-3H3,(H,20,22)/t15-,16+,19+/m1/s1. The van der Waals surface area contributed by atoms with Crippen LogP contribution in [-0.2, 0) is 14.3 Å². The Morgan fingerprint density at radius 1 is 1.42 bits per heavy atom. The molecule has 1 aliphatic heterocycles. The van der Waals surface area contributed by atoms with Crippen LogP contribution in [0.4, 0.5) is 0 Å². The summed E-state index contributed by atoms with van der Waals surface area (Å²) >= 11 is 0. The van der Waals surface area contributed by atoms with Crippen LogP contribution in [0.5, 0.6) is 0 Å². The largest absolute Gasteiger partial charge is 0.459 e. The van der Waals surface area contributed by atoms with Crippen molar-refractivity contribution in [3.05, 3.63) is 11.8 Å². The van der Waals surface area contributed by atoms with Crippen LogP contribution in [0.3, 0.4) is 0 Å².